The first-order chi connectivity index (χ1) is 6.88. The molecule has 5 heteroatoms. The summed E-state index contributed by atoms with van der Waals surface area (Å²) < 4.78 is 41.6. The molecule has 0 fully saturated rings. The Hall–Kier alpha value is -1.23. The SMILES string of the molecule is COc1cccc([C@H](O)C(F)(F)F)c1C. The van der Waals surface area contributed by atoms with Crippen molar-refractivity contribution in [3.63, 3.8) is 0 Å². The Morgan fingerprint density at radius 1 is 1.33 bits per heavy atom. The average molecular weight is 220 g/mol. The zero-order chi connectivity index (χ0) is 11.6. The number of ether oxygens (including phenoxy) is 1. The van der Waals surface area contributed by atoms with Gasteiger partial charge >= 0.3 is 6.18 Å². The number of aliphatic hydroxyl groups excluding tert-OH is 1. The van der Waals surface area contributed by atoms with Gasteiger partial charge in [0.05, 0.1) is 7.11 Å². The molecule has 0 saturated heterocycles. The Balaban J connectivity index is 3.15. The van der Waals surface area contributed by atoms with Crippen LogP contribution in [0.5, 0.6) is 5.75 Å². The minimum absolute atomic E-state index is 0.179. The lowest BCUT2D eigenvalue weighted by atomic mass is 10.0. The van der Waals surface area contributed by atoms with E-state index in [-0.39, 0.29) is 5.56 Å². The second kappa shape index (κ2) is 4.10. The number of methoxy groups -OCH3 is 1. The fourth-order valence-corrected chi connectivity index (χ4v) is 1.33. The van der Waals surface area contributed by atoms with Gasteiger partial charge in [0.15, 0.2) is 6.10 Å². The van der Waals surface area contributed by atoms with Gasteiger partial charge in [-0.25, -0.2) is 0 Å². The molecule has 0 aliphatic rings. The van der Waals surface area contributed by atoms with E-state index < -0.39 is 12.3 Å². The van der Waals surface area contributed by atoms with Crippen molar-refractivity contribution in [1.29, 1.82) is 0 Å². The molecule has 1 aromatic rings. The normalized spacial score (nSPS) is 13.7. The van der Waals surface area contributed by atoms with E-state index in [9.17, 15) is 13.2 Å². The van der Waals surface area contributed by atoms with Gasteiger partial charge in [-0.2, -0.15) is 13.2 Å². The van der Waals surface area contributed by atoms with Crippen LogP contribution in [0, 0.1) is 6.92 Å². The first-order valence-corrected chi connectivity index (χ1v) is 4.26. The van der Waals surface area contributed by atoms with Crippen LogP contribution < -0.4 is 4.74 Å². The Morgan fingerprint density at radius 3 is 2.40 bits per heavy atom. The van der Waals surface area contributed by atoms with Crippen molar-refractivity contribution in [1.82, 2.24) is 0 Å². The Bertz CT molecular complexity index is 347. The molecule has 0 saturated carbocycles. The van der Waals surface area contributed by atoms with Crippen LogP contribution in [0.2, 0.25) is 0 Å². The molecular weight excluding hydrogens is 209 g/mol. The van der Waals surface area contributed by atoms with Gasteiger partial charge in [-0.3, -0.25) is 0 Å². The highest BCUT2D eigenvalue weighted by atomic mass is 19.4. The Kier molecular flexibility index (Phi) is 3.24. The lowest BCUT2D eigenvalue weighted by Gasteiger charge is -2.18. The Labute approximate surface area is 85.3 Å². The fraction of sp³-hybridized carbons (Fsp3) is 0.400. The summed E-state index contributed by atoms with van der Waals surface area (Å²) in [6, 6.07) is 4.19. The fourth-order valence-electron chi connectivity index (χ4n) is 1.33. The highest BCUT2D eigenvalue weighted by Crippen LogP contribution is 2.36. The van der Waals surface area contributed by atoms with Gasteiger partial charge in [-0.1, -0.05) is 12.1 Å². The van der Waals surface area contributed by atoms with Crippen LogP contribution in [0.4, 0.5) is 13.2 Å². The van der Waals surface area contributed by atoms with Crippen molar-refractivity contribution in [2.75, 3.05) is 7.11 Å². The molecule has 1 aromatic carbocycles. The van der Waals surface area contributed by atoms with Crippen LogP contribution in [0.3, 0.4) is 0 Å². The zero-order valence-corrected chi connectivity index (χ0v) is 8.30. The van der Waals surface area contributed by atoms with Crippen LogP contribution in [0.25, 0.3) is 0 Å². The van der Waals surface area contributed by atoms with Crippen LogP contribution >= 0.6 is 0 Å². The summed E-state index contributed by atoms with van der Waals surface area (Å²) in [5, 5.41) is 9.08. The molecule has 0 amide bonds. The monoisotopic (exact) mass is 220 g/mol. The highest BCUT2D eigenvalue weighted by Gasteiger charge is 2.40. The molecule has 1 atom stereocenters. The topological polar surface area (TPSA) is 29.5 Å². The molecule has 0 aliphatic heterocycles. The van der Waals surface area contributed by atoms with Gasteiger partial charge in [0.25, 0.3) is 0 Å². The summed E-state index contributed by atoms with van der Waals surface area (Å²) in [6.45, 7) is 1.48. The predicted octanol–water partition coefficient (Wildman–Crippen LogP) is 2.60. The summed E-state index contributed by atoms with van der Waals surface area (Å²) in [4.78, 5) is 0. The highest BCUT2D eigenvalue weighted by molar-refractivity contribution is 5.40. The first-order valence-electron chi connectivity index (χ1n) is 4.26. The number of hydrogen-bond acceptors (Lipinski definition) is 2. The van der Waals surface area contributed by atoms with Crippen molar-refractivity contribution in [2.24, 2.45) is 0 Å². The summed E-state index contributed by atoms with van der Waals surface area (Å²) in [6.07, 6.45) is -7.12. The third kappa shape index (κ3) is 2.41. The number of hydrogen-bond donors (Lipinski definition) is 1. The summed E-state index contributed by atoms with van der Waals surface area (Å²) in [5.74, 6) is 0.329. The van der Waals surface area contributed by atoms with Crippen LogP contribution in [0.1, 0.15) is 17.2 Å². The lowest BCUT2D eigenvalue weighted by Crippen LogP contribution is -2.21. The van der Waals surface area contributed by atoms with E-state index in [1.165, 1.54) is 26.2 Å². The molecule has 1 rings (SSSR count). The molecule has 0 heterocycles. The third-order valence-corrected chi connectivity index (χ3v) is 2.15. The van der Waals surface area contributed by atoms with Crippen molar-refractivity contribution < 1.29 is 23.0 Å². The molecule has 15 heavy (non-hydrogen) atoms. The van der Waals surface area contributed by atoms with Crippen LogP contribution in [0.15, 0.2) is 18.2 Å². The smallest absolute Gasteiger partial charge is 0.418 e. The van der Waals surface area contributed by atoms with E-state index in [2.05, 4.69) is 0 Å². The van der Waals surface area contributed by atoms with E-state index in [4.69, 9.17) is 9.84 Å². The zero-order valence-electron chi connectivity index (χ0n) is 8.30. The molecule has 0 bridgehead atoms. The molecule has 0 aromatic heterocycles. The minimum Gasteiger partial charge on any atom is -0.496 e. The van der Waals surface area contributed by atoms with Gasteiger partial charge in [-0.05, 0) is 24.1 Å². The van der Waals surface area contributed by atoms with Crippen LogP contribution in [-0.4, -0.2) is 18.4 Å². The van der Waals surface area contributed by atoms with E-state index in [0.717, 1.165) is 0 Å². The van der Waals surface area contributed by atoms with Crippen LogP contribution in [-0.2, 0) is 0 Å². The largest absolute Gasteiger partial charge is 0.496 e. The van der Waals surface area contributed by atoms with Gasteiger partial charge in [0.1, 0.15) is 5.75 Å². The maximum atomic E-state index is 12.3. The van der Waals surface area contributed by atoms with E-state index >= 15 is 0 Å². The standard InChI is InChI=1S/C10H11F3O2/c1-6-7(9(14)10(11,12)13)4-3-5-8(6)15-2/h3-5,9,14H,1-2H3/t9-/m0/s1. The third-order valence-electron chi connectivity index (χ3n) is 2.15. The second-order valence-electron chi connectivity index (χ2n) is 3.12. The number of halogens is 3. The van der Waals surface area contributed by atoms with E-state index in [0.29, 0.717) is 11.3 Å². The molecule has 0 unspecified atom stereocenters. The number of benzene rings is 1. The van der Waals surface area contributed by atoms with E-state index in [1.807, 2.05) is 0 Å². The van der Waals surface area contributed by atoms with E-state index in [1.54, 1.807) is 6.07 Å². The number of rotatable bonds is 2. The molecule has 1 N–H and O–H groups in total. The maximum absolute atomic E-state index is 12.3. The van der Waals surface area contributed by atoms with Gasteiger partial charge in [0, 0.05) is 0 Å². The summed E-state index contributed by atoms with van der Waals surface area (Å²) in [7, 11) is 1.37. The summed E-state index contributed by atoms with van der Waals surface area (Å²) >= 11 is 0. The second-order valence-corrected chi connectivity index (χ2v) is 3.12. The van der Waals surface area contributed by atoms with Gasteiger partial charge < -0.3 is 9.84 Å². The maximum Gasteiger partial charge on any atom is 0.418 e. The molecular formula is C10H11F3O2. The first kappa shape index (κ1) is 11.8. The average Bonchev–Trinajstić information content (AvgIpc) is 2.16. The van der Waals surface area contributed by atoms with Crippen molar-refractivity contribution in [3.05, 3.63) is 29.3 Å². The van der Waals surface area contributed by atoms with Crippen molar-refractivity contribution >= 4 is 0 Å². The Morgan fingerprint density at radius 2 is 1.93 bits per heavy atom. The number of alkyl halides is 3. The van der Waals surface area contributed by atoms with Gasteiger partial charge in [-0.15, -0.1) is 0 Å². The predicted molar refractivity (Wildman–Crippen MR) is 48.7 cm³/mol. The molecule has 2 nitrogen and oxygen atoms in total. The number of aliphatic hydroxyl groups is 1. The molecule has 0 radical (unpaired) electrons. The lowest BCUT2D eigenvalue weighted by molar-refractivity contribution is -0.207. The summed E-state index contributed by atoms with van der Waals surface area (Å²) in [5.41, 5.74) is 0.117. The molecule has 0 spiro atoms. The quantitative estimate of drug-likeness (QED) is 0.830. The minimum atomic E-state index is -4.66. The molecule has 0 aliphatic carbocycles. The molecule has 84 valence electrons. The van der Waals surface area contributed by atoms with Gasteiger partial charge in [0.2, 0.25) is 0 Å². The van der Waals surface area contributed by atoms with Crippen molar-refractivity contribution in [3.8, 4) is 5.75 Å². The van der Waals surface area contributed by atoms with Crippen molar-refractivity contribution in [2.45, 2.75) is 19.2 Å².